The van der Waals surface area contributed by atoms with Crippen molar-refractivity contribution in [3.05, 3.63) is 34.4 Å². The third kappa shape index (κ3) is 3.43. The van der Waals surface area contributed by atoms with Crippen LogP contribution in [0.2, 0.25) is 0 Å². The van der Waals surface area contributed by atoms with Crippen LogP contribution in [0, 0.1) is 22.7 Å². The summed E-state index contributed by atoms with van der Waals surface area (Å²) >= 11 is 0. The zero-order chi connectivity index (χ0) is 25.9. The zero-order valence-corrected chi connectivity index (χ0v) is 21.3. The first-order valence-electron chi connectivity index (χ1n) is 13.1. The molecule has 0 radical (unpaired) electrons. The number of aliphatic hydroxyl groups is 1. The van der Waals surface area contributed by atoms with Crippen LogP contribution in [0.5, 0.6) is 0 Å². The molecular weight excluding hydrogens is 464 g/mol. The van der Waals surface area contributed by atoms with Gasteiger partial charge in [-0.1, -0.05) is 6.92 Å². The van der Waals surface area contributed by atoms with Gasteiger partial charge in [-0.3, -0.25) is 9.59 Å². The Morgan fingerprint density at radius 3 is 2.42 bits per heavy atom. The minimum Gasteiger partial charge on any atom is -0.462 e. The van der Waals surface area contributed by atoms with E-state index in [0.717, 1.165) is 24.7 Å². The van der Waals surface area contributed by atoms with Crippen molar-refractivity contribution >= 4 is 18.2 Å². The molecule has 0 bridgehead atoms. The molecule has 8 heteroatoms. The second-order valence-corrected chi connectivity index (χ2v) is 11.8. The third-order valence-corrected chi connectivity index (χ3v) is 10.5. The molecule has 0 amide bonds. The predicted octanol–water partition coefficient (Wildman–Crippen LogP) is 3.68. The van der Waals surface area contributed by atoms with Crippen molar-refractivity contribution in [2.45, 2.75) is 102 Å². The van der Waals surface area contributed by atoms with E-state index in [0.29, 0.717) is 44.9 Å². The van der Waals surface area contributed by atoms with Gasteiger partial charge < -0.3 is 23.8 Å². The first kappa shape index (κ1) is 25.2. The van der Waals surface area contributed by atoms with Crippen molar-refractivity contribution in [1.29, 1.82) is 0 Å². The van der Waals surface area contributed by atoms with Gasteiger partial charge in [-0.15, -0.1) is 0 Å². The maximum absolute atomic E-state index is 13.1. The smallest absolute Gasteiger partial charge is 0.335 e. The fourth-order valence-corrected chi connectivity index (χ4v) is 9.00. The largest absolute Gasteiger partial charge is 0.462 e. The van der Waals surface area contributed by atoms with Crippen LogP contribution in [0.4, 0.5) is 0 Å². The van der Waals surface area contributed by atoms with Crippen molar-refractivity contribution in [3.63, 3.8) is 0 Å². The summed E-state index contributed by atoms with van der Waals surface area (Å²) in [7, 11) is 0. The van der Waals surface area contributed by atoms with Crippen molar-refractivity contribution < 1.29 is 33.4 Å². The average molecular weight is 501 g/mol. The molecule has 0 unspecified atom stereocenters. The van der Waals surface area contributed by atoms with Gasteiger partial charge >= 0.3 is 17.6 Å². The number of rotatable bonds is 4. The van der Waals surface area contributed by atoms with Crippen molar-refractivity contribution in [1.82, 2.24) is 0 Å². The maximum Gasteiger partial charge on any atom is 0.335 e. The Kier molecular flexibility index (Phi) is 5.97. The molecule has 4 aliphatic rings. The van der Waals surface area contributed by atoms with Gasteiger partial charge in [-0.25, -0.2) is 4.79 Å². The summed E-state index contributed by atoms with van der Waals surface area (Å²) in [5.74, 6) is -1.07. The van der Waals surface area contributed by atoms with E-state index in [9.17, 15) is 24.3 Å². The number of aldehydes is 1. The molecule has 1 aromatic rings. The van der Waals surface area contributed by atoms with Gasteiger partial charge in [-0.2, -0.15) is 0 Å². The Hall–Kier alpha value is -2.48. The van der Waals surface area contributed by atoms with Crippen LogP contribution >= 0.6 is 0 Å². The van der Waals surface area contributed by atoms with Crippen LogP contribution < -0.4 is 5.63 Å². The molecule has 36 heavy (non-hydrogen) atoms. The summed E-state index contributed by atoms with van der Waals surface area (Å²) < 4.78 is 16.7. The molecule has 0 saturated heterocycles. The van der Waals surface area contributed by atoms with Gasteiger partial charge in [0.2, 0.25) is 0 Å². The van der Waals surface area contributed by atoms with E-state index in [1.807, 2.05) is 0 Å². The van der Waals surface area contributed by atoms with Gasteiger partial charge in [0.25, 0.3) is 0 Å². The molecule has 4 fully saturated rings. The minimum absolute atomic E-state index is 0.0415. The van der Waals surface area contributed by atoms with Crippen molar-refractivity contribution in [2.75, 3.05) is 0 Å². The number of hydrogen-bond donors (Lipinski definition) is 1. The standard InChI is InChI=1S/C28H36O8/c1-17(30)35-20-6-11-26(16-29)22-7-10-25(3)21(19-4-5-24(32)34-15-19)9-13-28(25,33)23(22)8-12-27(26,14-20)36-18(2)31/h4-5,15-16,20-23,33H,6-14H2,1-3H3/t20-,21+,22-,23+,25+,26-,27-,28-/m0/s1. The number of carbonyl (C=O) groups excluding carboxylic acids is 3. The maximum atomic E-state index is 13.1. The topological polar surface area (TPSA) is 120 Å². The molecule has 0 spiro atoms. The lowest BCUT2D eigenvalue weighted by atomic mass is 9.41. The first-order valence-corrected chi connectivity index (χ1v) is 13.1. The first-order chi connectivity index (χ1) is 17.0. The summed E-state index contributed by atoms with van der Waals surface area (Å²) in [6.45, 7) is 4.85. The molecule has 1 aromatic heterocycles. The molecular formula is C28H36O8. The highest BCUT2D eigenvalue weighted by Crippen LogP contribution is 2.71. The summed E-state index contributed by atoms with van der Waals surface area (Å²) in [6.07, 6.45) is 7.20. The summed E-state index contributed by atoms with van der Waals surface area (Å²) in [6, 6.07) is 3.23. The third-order valence-electron chi connectivity index (χ3n) is 10.5. The van der Waals surface area contributed by atoms with E-state index >= 15 is 0 Å². The number of carbonyl (C=O) groups is 3. The number of fused-ring (bicyclic) bond motifs is 5. The Balaban J connectivity index is 1.52. The van der Waals surface area contributed by atoms with Crippen LogP contribution in [0.15, 0.2) is 27.6 Å². The molecule has 1 heterocycles. The Bertz CT molecular complexity index is 1110. The normalized spacial score (nSPS) is 43.4. The van der Waals surface area contributed by atoms with Gasteiger partial charge in [0.05, 0.1) is 17.3 Å². The predicted molar refractivity (Wildman–Crippen MR) is 128 cm³/mol. The minimum atomic E-state index is -1.05. The fraction of sp³-hybridized carbons (Fsp3) is 0.714. The lowest BCUT2D eigenvalue weighted by Crippen LogP contribution is -2.69. The number of esters is 2. The summed E-state index contributed by atoms with van der Waals surface area (Å²) in [5.41, 5.74) is -2.90. The molecule has 0 aliphatic heterocycles. The highest BCUT2D eigenvalue weighted by Gasteiger charge is 2.72. The summed E-state index contributed by atoms with van der Waals surface area (Å²) in [5, 5.41) is 12.4. The number of ether oxygens (including phenoxy) is 2. The quantitative estimate of drug-likeness (QED) is 0.491. The van der Waals surface area contributed by atoms with Gasteiger partial charge in [0.15, 0.2) is 0 Å². The highest BCUT2D eigenvalue weighted by molar-refractivity contribution is 5.70. The Morgan fingerprint density at radius 1 is 1.03 bits per heavy atom. The van der Waals surface area contributed by atoms with E-state index in [4.69, 9.17) is 13.9 Å². The van der Waals surface area contributed by atoms with Crippen LogP contribution in [0.3, 0.4) is 0 Å². The fourth-order valence-electron chi connectivity index (χ4n) is 9.00. The highest BCUT2D eigenvalue weighted by atomic mass is 16.6. The lowest BCUT2D eigenvalue weighted by molar-refractivity contribution is -0.255. The van der Waals surface area contributed by atoms with Crippen molar-refractivity contribution in [3.8, 4) is 0 Å². The van der Waals surface area contributed by atoms with Crippen LogP contribution in [-0.4, -0.2) is 40.6 Å². The van der Waals surface area contributed by atoms with Crippen LogP contribution in [-0.2, 0) is 23.9 Å². The van der Waals surface area contributed by atoms with Crippen molar-refractivity contribution in [2.24, 2.45) is 22.7 Å². The monoisotopic (exact) mass is 500 g/mol. The van der Waals surface area contributed by atoms with Gasteiger partial charge in [0, 0.05) is 31.7 Å². The molecule has 8 atom stereocenters. The molecule has 196 valence electrons. The second-order valence-electron chi connectivity index (χ2n) is 11.8. The Morgan fingerprint density at radius 2 is 1.78 bits per heavy atom. The number of hydrogen-bond acceptors (Lipinski definition) is 8. The van der Waals surface area contributed by atoms with Gasteiger partial charge in [0.1, 0.15) is 18.0 Å². The van der Waals surface area contributed by atoms with E-state index in [2.05, 4.69) is 6.92 Å². The second kappa shape index (κ2) is 8.54. The Labute approximate surface area is 210 Å². The molecule has 5 rings (SSSR count). The average Bonchev–Trinajstić information content (AvgIpc) is 3.09. The van der Waals surface area contributed by atoms with E-state index in [1.54, 1.807) is 6.07 Å². The van der Waals surface area contributed by atoms with E-state index in [-0.39, 0.29) is 23.7 Å². The molecule has 8 nitrogen and oxygen atoms in total. The molecule has 4 saturated carbocycles. The van der Waals surface area contributed by atoms with Gasteiger partial charge in [-0.05, 0) is 80.8 Å². The molecule has 4 aliphatic carbocycles. The molecule has 1 N–H and O–H groups in total. The zero-order valence-electron chi connectivity index (χ0n) is 21.3. The van der Waals surface area contributed by atoms with Crippen LogP contribution in [0.25, 0.3) is 0 Å². The van der Waals surface area contributed by atoms with Crippen LogP contribution in [0.1, 0.15) is 90.0 Å². The molecule has 0 aromatic carbocycles. The summed E-state index contributed by atoms with van der Waals surface area (Å²) in [4.78, 5) is 48.6. The SMILES string of the molecule is CC(=O)O[C@H]1CC[C@]2(C=O)[C@H]3CC[C@]4(C)[C@@H](c5ccc(=O)oc5)CC[C@]4(O)[C@@H]3CC[C@]2(OC(C)=O)C1. The van der Waals surface area contributed by atoms with E-state index in [1.165, 1.54) is 26.2 Å². The lowest BCUT2D eigenvalue weighted by Gasteiger charge is -2.65. The van der Waals surface area contributed by atoms with E-state index < -0.39 is 39.7 Å².